The third kappa shape index (κ3) is 4.49. The molecule has 3 aromatic rings. The Bertz CT molecular complexity index is 1230. The number of ether oxygens (including phenoxy) is 1. The zero-order chi connectivity index (χ0) is 23.7. The van der Waals surface area contributed by atoms with Crippen LogP contribution >= 0.6 is 0 Å². The minimum Gasteiger partial charge on any atom is -0.465 e. The highest BCUT2D eigenvalue weighted by Crippen LogP contribution is 2.36. The van der Waals surface area contributed by atoms with Crippen LogP contribution in [0.5, 0.6) is 0 Å². The highest BCUT2D eigenvalue weighted by molar-refractivity contribution is 6.07. The zero-order valence-electron chi connectivity index (χ0n) is 19.8. The predicted octanol–water partition coefficient (Wildman–Crippen LogP) is 5.37. The normalized spacial score (nSPS) is 21.5. The Kier molecular flexibility index (Phi) is 6.22. The molecule has 0 bridgehead atoms. The monoisotopic (exact) mass is 458 g/mol. The van der Waals surface area contributed by atoms with E-state index in [1.54, 1.807) is 6.26 Å². The summed E-state index contributed by atoms with van der Waals surface area (Å²) in [5.74, 6) is 1.09. The van der Waals surface area contributed by atoms with Crippen LogP contribution in [-0.4, -0.2) is 41.5 Å². The van der Waals surface area contributed by atoms with Gasteiger partial charge >= 0.3 is 5.97 Å². The van der Waals surface area contributed by atoms with Crippen molar-refractivity contribution >= 4 is 34.4 Å². The average molecular weight is 459 g/mol. The number of allylic oxidation sites excluding steroid dienone is 1. The molecule has 0 saturated carbocycles. The first-order chi connectivity index (χ1) is 16.5. The van der Waals surface area contributed by atoms with Gasteiger partial charge in [-0.05, 0) is 72.9 Å². The lowest BCUT2D eigenvalue weighted by molar-refractivity contribution is -0.137. The van der Waals surface area contributed by atoms with Gasteiger partial charge in [-0.1, -0.05) is 32.0 Å². The highest BCUT2D eigenvalue weighted by Gasteiger charge is 2.29. The summed E-state index contributed by atoms with van der Waals surface area (Å²) in [6, 6.07) is 11.4. The zero-order valence-corrected chi connectivity index (χ0v) is 19.8. The van der Waals surface area contributed by atoms with Crippen LogP contribution in [0.25, 0.3) is 22.6 Å². The fourth-order valence-electron chi connectivity index (χ4n) is 5.41. The van der Waals surface area contributed by atoms with Crippen molar-refractivity contribution in [3.63, 3.8) is 0 Å². The number of rotatable bonds is 4. The number of piperidine rings is 1. The van der Waals surface area contributed by atoms with Crippen LogP contribution in [0, 0.1) is 11.8 Å². The lowest BCUT2D eigenvalue weighted by Crippen LogP contribution is -2.44. The van der Waals surface area contributed by atoms with E-state index in [1.807, 2.05) is 47.4 Å². The summed E-state index contributed by atoms with van der Waals surface area (Å²) in [5, 5.41) is 0.762. The molecule has 1 aliphatic heterocycles. The second kappa shape index (κ2) is 9.45. The number of esters is 1. The Labute approximate surface area is 199 Å². The van der Waals surface area contributed by atoms with Crippen LogP contribution in [0.15, 0.2) is 47.1 Å². The van der Waals surface area contributed by atoms with Crippen LogP contribution in [0.3, 0.4) is 0 Å². The van der Waals surface area contributed by atoms with Crippen molar-refractivity contribution in [1.29, 1.82) is 0 Å². The smallest absolute Gasteiger partial charge is 0.339 e. The number of carbonyl (C=O) groups excluding carboxylic acids is 2. The van der Waals surface area contributed by atoms with Crippen molar-refractivity contribution in [2.75, 3.05) is 19.7 Å². The number of fused-ring (bicyclic) bond motifs is 2. The number of benzene rings is 1. The lowest BCUT2D eigenvalue weighted by atomic mass is 9.86. The van der Waals surface area contributed by atoms with Gasteiger partial charge in [0.2, 0.25) is 0 Å². The Morgan fingerprint density at radius 1 is 1.12 bits per heavy atom. The summed E-state index contributed by atoms with van der Waals surface area (Å²) in [7, 11) is 0. The van der Waals surface area contributed by atoms with Gasteiger partial charge in [-0.15, -0.1) is 0 Å². The van der Waals surface area contributed by atoms with Crippen LogP contribution < -0.4 is 0 Å². The first-order valence-electron chi connectivity index (χ1n) is 12.1. The molecular weight excluding hydrogens is 428 g/mol. The molecule has 1 saturated heterocycles. The minimum atomic E-state index is -0.458. The summed E-state index contributed by atoms with van der Waals surface area (Å²) >= 11 is 0. The standard InChI is InChI=1S/C28H30N2O4/c1-18-13-19(2)16-30(15-18)25(31)17-34-28(32)26-22-9-3-4-11-24(22)29-27-20(7-5-10-23(26)27)14-21-8-6-12-33-21/h3-4,6,8-9,11-12,14,18-19H,5,7,10,13,15-17H2,1-2H3. The number of furan rings is 1. The number of nitrogens with zero attached hydrogens (tertiary/aromatic N) is 2. The van der Waals surface area contributed by atoms with Gasteiger partial charge in [0.25, 0.3) is 5.91 Å². The van der Waals surface area contributed by atoms with E-state index in [1.165, 1.54) is 0 Å². The molecule has 0 radical (unpaired) electrons. The van der Waals surface area contributed by atoms with E-state index in [-0.39, 0.29) is 12.5 Å². The van der Waals surface area contributed by atoms with Gasteiger partial charge in [0.15, 0.2) is 6.61 Å². The molecule has 2 unspecified atom stereocenters. The van der Waals surface area contributed by atoms with E-state index in [0.29, 0.717) is 17.4 Å². The number of pyridine rings is 1. The molecule has 1 aliphatic carbocycles. The first kappa shape index (κ1) is 22.4. The van der Waals surface area contributed by atoms with Crippen molar-refractivity contribution in [2.24, 2.45) is 11.8 Å². The molecule has 0 N–H and O–H groups in total. The van der Waals surface area contributed by atoms with E-state index in [2.05, 4.69) is 13.8 Å². The Morgan fingerprint density at radius 3 is 2.68 bits per heavy atom. The van der Waals surface area contributed by atoms with E-state index in [0.717, 1.165) is 72.3 Å². The Morgan fingerprint density at radius 2 is 1.91 bits per heavy atom. The minimum absolute atomic E-state index is 0.127. The molecule has 5 rings (SSSR count). The topological polar surface area (TPSA) is 72.6 Å². The number of amides is 1. The molecule has 2 atom stereocenters. The van der Waals surface area contributed by atoms with Crippen molar-refractivity contribution in [2.45, 2.75) is 39.5 Å². The largest absolute Gasteiger partial charge is 0.465 e. The third-order valence-corrected chi connectivity index (χ3v) is 6.78. The van der Waals surface area contributed by atoms with Gasteiger partial charge in [0.1, 0.15) is 5.76 Å². The fraction of sp³-hybridized carbons (Fsp3) is 0.393. The van der Waals surface area contributed by atoms with E-state index in [9.17, 15) is 9.59 Å². The highest BCUT2D eigenvalue weighted by atomic mass is 16.5. The number of hydrogen-bond acceptors (Lipinski definition) is 5. The van der Waals surface area contributed by atoms with Gasteiger partial charge in [0, 0.05) is 18.5 Å². The van der Waals surface area contributed by atoms with Crippen molar-refractivity contribution in [3.05, 3.63) is 65.2 Å². The predicted molar refractivity (Wildman–Crippen MR) is 131 cm³/mol. The summed E-state index contributed by atoms with van der Waals surface area (Å²) in [5.41, 5.74) is 4.02. The molecule has 1 fully saturated rings. The number of para-hydroxylation sites is 1. The number of aromatic nitrogens is 1. The molecule has 1 aromatic carbocycles. The maximum Gasteiger partial charge on any atom is 0.339 e. The molecule has 2 aromatic heterocycles. The summed E-state index contributed by atoms with van der Waals surface area (Å²) < 4.78 is 11.1. The average Bonchev–Trinajstić information content (AvgIpc) is 3.33. The van der Waals surface area contributed by atoms with Gasteiger partial charge in [-0.25, -0.2) is 9.78 Å². The van der Waals surface area contributed by atoms with Crippen molar-refractivity contribution in [3.8, 4) is 0 Å². The fourth-order valence-corrected chi connectivity index (χ4v) is 5.41. The molecule has 3 heterocycles. The maximum atomic E-state index is 13.4. The molecule has 2 aliphatic rings. The number of hydrogen-bond donors (Lipinski definition) is 0. The molecular formula is C28H30N2O4. The number of carbonyl (C=O) groups is 2. The Hall–Kier alpha value is -3.41. The SMILES string of the molecule is CC1CC(C)CN(C(=O)COC(=O)c2c3c(nc4ccccc24)C(=Cc2ccco2)CCC3)C1. The van der Waals surface area contributed by atoms with Gasteiger partial charge in [-0.2, -0.15) is 0 Å². The maximum absolute atomic E-state index is 13.4. The molecule has 6 nitrogen and oxygen atoms in total. The quantitative estimate of drug-likeness (QED) is 0.492. The van der Waals surface area contributed by atoms with Gasteiger partial charge < -0.3 is 14.1 Å². The van der Waals surface area contributed by atoms with E-state index >= 15 is 0 Å². The van der Waals surface area contributed by atoms with E-state index in [4.69, 9.17) is 14.1 Å². The summed E-state index contributed by atoms with van der Waals surface area (Å²) in [6.07, 6.45) is 7.26. The van der Waals surface area contributed by atoms with Crippen LogP contribution in [-0.2, 0) is 16.0 Å². The van der Waals surface area contributed by atoms with Crippen LogP contribution in [0.4, 0.5) is 0 Å². The van der Waals surface area contributed by atoms with Crippen molar-refractivity contribution in [1.82, 2.24) is 9.88 Å². The second-order valence-electron chi connectivity index (χ2n) is 9.69. The van der Waals surface area contributed by atoms with Crippen LogP contribution in [0.2, 0.25) is 0 Å². The Balaban J connectivity index is 1.46. The second-order valence-corrected chi connectivity index (χ2v) is 9.69. The van der Waals surface area contributed by atoms with Gasteiger partial charge in [0.05, 0.1) is 23.0 Å². The van der Waals surface area contributed by atoms with Gasteiger partial charge in [-0.3, -0.25) is 4.79 Å². The van der Waals surface area contributed by atoms with E-state index < -0.39 is 5.97 Å². The number of likely N-dealkylation sites (tertiary alicyclic amines) is 1. The third-order valence-electron chi connectivity index (χ3n) is 6.78. The summed E-state index contributed by atoms with van der Waals surface area (Å²) in [4.78, 5) is 33.0. The molecule has 6 heteroatoms. The van der Waals surface area contributed by atoms with Crippen molar-refractivity contribution < 1.29 is 18.7 Å². The first-order valence-corrected chi connectivity index (χ1v) is 12.1. The molecule has 0 spiro atoms. The lowest BCUT2D eigenvalue weighted by Gasteiger charge is -2.34. The van der Waals surface area contributed by atoms with Crippen LogP contribution in [0.1, 0.15) is 60.5 Å². The summed E-state index contributed by atoms with van der Waals surface area (Å²) in [6.45, 7) is 5.51. The molecule has 176 valence electrons. The molecule has 1 amide bonds. The molecule has 34 heavy (non-hydrogen) atoms.